The maximum Gasteiger partial charge on any atom is 0.407 e. The van der Waals surface area contributed by atoms with E-state index in [1.165, 1.54) is 0 Å². The predicted octanol–water partition coefficient (Wildman–Crippen LogP) is 1.59. The molecule has 0 fully saturated rings. The smallest absolute Gasteiger partial charge is 0.407 e. The molecule has 0 spiro atoms. The molecule has 0 saturated carbocycles. The van der Waals surface area contributed by atoms with Crippen molar-refractivity contribution in [2.45, 2.75) is 20.3 Å². The Kier molecular flexibility index (Phi) is 5.61. The Morgan fingerprint density at radius 1 is 1.73 bits per heavy atom. The Morgan fingerprint density at radius 2 is 2.36 bits per heavy atom. The number of hydrogen-bond donors (Lipinski definition) is 1. The number of hydrogen-bond acceptors (Lipinski definition) is 2. The van der Waals surface area contributed by atoms with E-state index in [1.54, 1.807) is 0 Å². The van der Waals surface area contributed by atoms with Crippen LogP contribution in [0.1, 0.15) is 20.3 Å². The first kappa shape index (κ1) is 10.3. The summed E-state index contributed by atoms with van der Waals surface area (Å²) in [6.45, 7) is 8.41. The first-order valence-electron chi connectivity index (χ1n) is 3.90. The van der Waals surface area contributed by atoms with Gasteiger partial charge in [0.1, 0.15) is 0 Å². The molecule has 65 valence electrons. The number of ether oxygens (including phenoxy) is 1. The minimum Gasteiger partial charge on any atom is -0.450 e. The molecule has 3 heteroatoms. The van der Waals surface area contributed by atoms with Gasteiger partial charge >= 0.3 is 6.09 Å². The highest BCUT2D eigenvalue weighted by atomic mass is 16.5. The second kappa shape index (κ2) is 6.01. The van der Waals surface area contributed by atoms with Crippen LogP contribution in [0.3, 0.4) is 0 Å². The molecule has 0 bridgehead atoms. The summed E-state index contributed by atoms with van der Waals surface area (Å²) in [4.78, 5) is 10.7. The van der Waals surface area contributed by atoms with Gasteiger partial charge in [-0.1, -0.05) is 20.3 Å². The van der Waals surface area contributed by atoms with E-state index in [1.807, 2.05) is 0 Å². The van der Waals surface area contributed by atoms with Crippen LogP contribution in [0.15, 0.2) is 0 Å². The molecule has 0 heterocycles. The highest BCUT2D eigenvalue weighted by Gasteiger charge is 2.02. The van der Waals surface area contributed by atoms with E-state index >= 15 is 0 Å². The lowest BCUT2D eigenvalue weighted by molar-refractivity contribution is 0.156. The van der Waals surface area contributed by atoms with Gasteiger partial charge in [-0.15, -0.1) is 0 Å². The standard InChI is InChI=1S/C8H16NO2/c1-4-7(3)6-9-8(10)11-5-2/h7H,2,4-6H2,1,3H3,(H,9,10). The average molecular weight is 158 g/mol. The molecule has 1 radical (unpaired) electrons. The first-order valence-corrected chi connectivity index (χ1v) is 3.90. The van der Waals surface area contributed by atoms with Gasteiger partial charge in [-0.25, -0.2) is 4.79 Å². The fourth-order valence-electron chi connectivity index (χ4n) is 0.546. The van der Waals surface area contributed by atoms with Crippen molar-refractivity contribution in [2.75, 3.05) is 13.2 Å². The van der Waals surface area contributed by atoms with Crippen molar-refractivity contribution in [3.63, 3.8) is 0 Å². The van der Waals surface area contributed by atoms with Crippen LogP contribution in [-0.4, -0.2) is 19.2 Å². The molecule has 3 nitrogen and oxygen atoms in total. The minimum atomic E-state index is -0.375. The van der Waals surface area contributed by atoms with Gasteiger partial charge in [-0.05, 0) is 12.8 Å². The third-order valence-electron chi connectivity index (χ3n) is 1.52. The molecule has 1 atom stereocenters. The third-order valence-corrected chi connectivity index (χ3v) is 1.52. The molecule has 0 rings (SSSR count). The van der Waals surface area contributed by atoms with E-state index < -0.39 is 0 Å². The van der Waals surface area contributed by atoms with E-state index in [0.29, 0.717) is 12.5 Å². The molecule has 0 saturated heterocycles. The zero-order valence-corrected chi connectivity index (χ0v) is 7.22. The molecular weight excluding hydrogens is 142 g/mol. The van der Waals surface area contributed by atoms with E-state index in [9.17, 15) is 4.79 Å². The number of alkyl carbamates (subject to hydrolysis) is 1. The van der Waals surface area contributed by atoms with Crippen LogP contribution in [0, 0.1) is 12.8 Å². The Morgan fingerprint density at radius 3 is 2.82 bits per heavy atom. The summed E-state index contributed by atoms with van der Waals surface area (Å²) in [7, 11) is 0. The lowest BCUT2D eigenvalue weighted by Crippen LogP contribution is -2.28. The zero-order valence-electron chi connectivity index (χ0n) is 7.22. The van der Waals surface area contributed by atoms with Crippen molar-refractivity contribution >= 4 is 6.09 Å². The quantitative estimate of drug-likeness (QED) is 0.674. The van der Waals surface area contributed by atoms with E-state index in [2.05, 4.69) is 30.8 Å². The lowest BCUT2D eigenvalue weighted by atomic mass is 10.1. The van der Waals surface area contributed by atoms with Gasteiger partial charge in [0.25, 0.3) is 0 Å². The van der Waals surface area contributed by atoms with Crippen LogP contribution in [0.5, 0.6) is 0 Å². The fraction of sp³-hybridized carbons (Fsp3) is 0.750. The van der Waals surface area contributed by atoms with E-state index in [4.69, 9.17) is 0 Å². The maximum atomic E-state index is 10.7. The van der Waals surface area contributed by atoms with Crippen molar-refractivity contribution in [2.24, 2.45) is 5.92 Å². The molecule has 0 aromatic rings. The Balaban J connectivity index is 3.30. The summed E-state index contributed by atoms with van der Waals surface area (Å²) >= 11 is 0. The Hall–Kier alpha value is -0.730. The number of carbonyl (C=O) groups excluding carboxylic acids is 1. The summed E-state index contributed by atoms with van der Waals surface area (Å²) in [5.41, 5.74) is 0. The molecule has 1 amide bonds. The summed E-state index contributed by atoms with van der Waals surface area (Å²) in [6, 6.07) is 0. The van der Waals surface area contributed by atoms with Crippen molar-refractivity contribution in [3.8, 4) is 0 Å². The Labute approximate surface area is 68.1 Å². The van der Waals surface area contributed by atoms with Crippen LogP contribution in [-0.2, 0) is 4.74 Å². The number of nitrogens with one attached hydrogen (secondary N) is 1. The summed E-state index contributed by atoms with van der Waals surface area (Å²) in [6.07, 6.45) is 0.685. The van der Waals surface area contributed by atoms with Gasteiger partial charge in [0.05, 0.1) is 6.61 Å². The van der Waals surface area contributed by atoms with Crippen LogP contribution < -0.4 is 5.32 Å². The highest BCUT2D eigenvalue weighted by Crippen LogP contribution is 1.96. The largest absolute Gasteiger partial charge is 0.450 e. The molecule has 0 aromatic carbocycles. The van der Waals surface area contributed by atoms with Crippen molar-refractivity contribution < 1.29 is 9.53 Å². The van der Waals surface area contributed by atoms with Crippen molar-refractivity contribution in [1.29, 1.82) is 0 Å². The molecule has 0 aliphatic heterocycles. The molecular formula is C8H16NO2. The normalized spacial score (nSPS) is 12.3. The van der Waals surface area contributed by atoms with Gasteiger partial charge in [-0.2, -0.15) is 0 Å². The number of rotatable bonds is 4. The maximum absolute atomic E-state index is 10.7. The van der Waals surface area contributed by atoms with E-state index in [0.717, 1.165) is 6.42 Å². The van der Waals surface area contributed by atoms with Gasteiger partial charge in [0, 0.05) is 6.54 Å². The second-order valence-corrected chi connectivity index (χ2v) is 2.53. The first-order chi connectivity index (χ1) is 5.20. The van der Waals surface area contributed by atoms with Gasteiger partial charge in [-0.3, -0.25) is 0 Å². The fourth-order valence-corrected chi connectivity index (χ4v) is 0.546. The zero-order chi connectivity index (χ0) is 8.69. The lowest BCUT2D eigenvalue weighted by Gasteiger charge is -2.09. The van der Waals surface area contributed by atoms with Crippen LogP contribution in [0.2, 0.25) is 0 Å². The van der Waals surface area contributed by atoms with Gasteiger partial charge < -0.3 is 10.1 Å². The molecule has 1 unspecified atom stereocenters. The summed E-state index contributed by atoms with van der Waals surface area (Å²) < 4.78 is 4.58. The second-order valence-electron chi connectivity index (χ2n) is 2.53. The van der Waals surface area contributed by atoms with Crippen LogP contribution in [0.4, 0.5) is 4.79 Å². The van der Waals surface area contributed by atoms with Crippen LogP contribution >= 0.6 is 0 Å². The molecule has 1 N–H and O–H groups in total. The highest BCUT2D eigenvalue weighted by molar-refractivity contribution is 5.67. The van der Waals surface area contributed by atoms with Gasteiger partial charge in [0.2, 0.25) is 0 Å². The minimum absolute atomic E-state index is 0.187. The number of amides is 1. The van der Waals surface area contributed by atoms with Gasteiger partial charge in [0.15, 0.2) is 0 Å². The van der Waals surface area contributed by atoms with Crippen LogP contribution in [0.25, 0.3) is 0 Å². The third kappa shape index (κ3) is 5.70. The van der Waals surface area contributed by atoms with E-state index in [-0.39, 0.29) is 12.7 Å². The predicted molar refractivity (Wildman–Crippen MR) is 44.2 cm³/mol. The SMILES string of the molecule is [CH2]COC(=O)NCC(C)CC. The monoisotopic (exact) mass is 158 g/mol. The summed E-state index contributed by atoms with van der Waals surface area (Å²) in [5, 5.41) is 2.63. The van der Waals surface area contributed by atoms with Crippen molar-refractivity contribution in [3.05, 3.63) is 6.92 Å². The molecule has 0 aliphatic carbocycles. The molecule has 0 aromatic heterocycles. The average Bonchev–Trinajstić information content (AvgIpc) is 2.01. The molecule has 0 aliphatic rings. The topological polar surface area (TPSA) is 38.3 Å². The molecule has 11 heavy (non-hydrogen) atoms. The van der Waals surface area contributed by atoms with Crippen molar-refractivity contribution in [1.82, 2.24) is 5.32 Å². The summed E-state index contributed by atoms with van der Waals surface area (Å²) in [5.74, 6) is 0.507. The number of carbonyl (C=O) groups is 1. The Bertz CT molecular complexity index is 115.